The van der Waals surface area contributed by atoms with Gasteiger partial charge in [0.2, 0.25) is 0 Å². The molecule has 9 heteroatoms. The molecule has 4 N–H and O–H groups in total. The first kappa shape index (κ1) is 18.3. The van der Waals surface area contributed by atoms with Crippen LogP contribution in [0.5, 0.6) is 0 Å². The number of hydrogen-bond acceptors (Lipinski definition) is 6. The molecule has 0 saturated heterocycles. The highest BCUT2D eigenvalue weighted by Crippen LogP contribution is 2.43. The van der Waals surface area contributed by atoms with Crippen molar-refractivity contribution in [3.8, 4) is 0 Å². The molecule has 0 heterocycles. The van der Waals surface area contributed by atoms with Crippen molar-refractivity contribution in [2.75, 3.05) is 6.61 Å². The van der Waals surface area contributed by atoms with Crippen LogP contribution in [0.1, 0.15) is 20.3 Å². The first-order chi connectivity index (χ1) is 9.24. The standard InChI is InChI=1S/C10H16O6.CH2O3/c1-3-15-7-4-6(5-11)10(2,16-14)8(7)9(12)13;2-1(3)4/h5-8,14H,3-4H2,1-2H3,(H,12,13);(H2,2,3,4). The first-order valence-electron chi connectivity index (χ1n) is 5.78. The van der Waals surface area contributed by atoms with Crippen LogP contribution in [0, 0.1) is 11.8 Å². The number of carboxylic acids is 1. The summed E-state index contributed by atoms with van der Waals surface area (Å²) >= 11 is 0. The van der Waals surface area contributed by atoms with E-state index in [0.717, 1.165) is 0 Å². The van der Waals surface area contributed by atoms with Gasteiger partial charge in [0.1, 0.15) is 17.8 Å². The lowest BCUT2D eigenvalue weighted by molar-refractivity contribution is -0.335. The van der Waals surface area contributed by atoms with E-state index in [2.05, 4.69) is 4.89 Å². The van der Waals surface area contributed by atoms with Crippen LogP contribution in [-0.2, 0) is 19.2 Å². The number of carboxylic acid groups (broad SMARTS) is 3. The molecular weight excluding hydrogens is 276 g/mol. The van der Waals surface area contributed by atoms with Crippen molar-refractivity contribution < 1.29 is 44.6 Å². The maximum absolute atomic E-state index is 11.1. The lowest BCUT2D eigenvalue weighted by Crippen LogP contribution is -2.45. The van der Waals surface area contributed by atoms with E-state index in [1.54, 1.807) is 6.92 Å². The summed E-state index contributed by atoms with van der Waals surface area (Å²) in [6.07, 6.45) is -1.61. The molecule has 4 atom stereocenters. The molecule has 9 nitrogen and oxygen atoms in total. The SMILES string of the molecule is CCOC1CC(C=O)C(C)(OO)C1C(=O)O.O=C(O)O. The van der Waals surface area contributed by atoms with Gasteiger partial charge in [0, 0.05) is 6.61 Å². The summed E-state index contributed by atoms with van der Waals surface area (Å²) in [5.41, 5.74) is -1.42. The summed E-state index contributed by atoms with van der Waals surface area (Å²) in [6, 6.07) is 0. The lowest BCUT2D eigenvalue weighted by Gasteiger charge is -2.29. The van der Waals surface area contributed by atoms with Crippen molar-refractivity contribution in [1.29, 1.82) is 0 Å². The fourth-order valence-electron chi connectivity index (χ4n) is 2.32. The Bertz CT molecular complexity index is 352. The van der Waals surface area contributed by atoms with Crippen molar-refractivity contribution in [1.82, 2.24) is 0 Å². The molecule has 20 heavy (non-hydrogen) atoms. The van der Waals surface area contributed by atoms with Gasteiger partial charge in [-0.2, -0.15) is 0 Å². The van der Waals surface area contributed by atoms with Gasteiger partial charge in [0.15, 0.2) is 0 Å². The Hall–Kier alpha value is -1.71. The molecule has 0 amide bonds. The molecule has 0 aromatic carbocycles. The Balaban J connectivity index is 0.000000796. The van der Waals surface area contributed by atoms with Crippen molar-refractivity contribution in [2.24, 2.45) is 11.8 Å². The van der Waals surface area contributed by atoms with Gasteiger partial charge < -0.3 is 24.9 Å². The third-order valence-corrected chi connectivity index (χ3v) is 3.22. The molecule has 0 aromatic heterocycles. The quantitative estimate of drug-likeness (QED) is 0.327. The van der Waals surface area contributed by atoms with Crippen molar-refractivity contribution in [3.05, 3.63) is 0 Å². The smallest absolute Gasteiger partial charge is 0.481 e. The van der Waals surface area contributed by atoms with E-state index in [1.807, 2.05) is 0 Å². The minimum atomic E-state index is -1.83. The number of rotatable bonds is 5. The molecule has 0 spiro atoms. The molecule has 1 aliphatic carbocycles. The van der Waals surface area contributed by atoms with E-state index in [4.69, 9.17) is 30.1 Å². The van der Waals surface area contributed by atoms with Gasteiger partial charge in [-0.15, -0.1) is 0 Å². The average molecular weight is 294 g/mol. The zero-order valence-electron chi connectivity index (χ0n) is 11.1. The van der Waals surface area contributed by atoms with Crippen LogP contribution in [-0.4, -0.2) is 57.3 Å². The molecule has 116 valence electrons. The minimum absolute atomic E-state index is 0.241. The number of hydrogen-bond donors (Lipinski definition) is 4. The Morgan fingerprint density at radius 3 is 2.15 bits per heavy atom. The van der Waals surface area contributed by atoms with Crippen LogP contribution >= 0.6 is 0 Å². The molecule has 4 unspecified atom stereocenters. The summed E-state index contributed by atoms with van der Waals surface area (Å²) in [7, 11) is 0. The largest absolute Gasteiger partial charge is 0.503 e. The van der Waals surface area contributed by atoms with Crippen molar-refractivity contribution in [2.45, 2.75) is 32.0 Å². The van der Waals surface area contributed by atoms with Gasteiger partial charge >= 0.3 is 12.1 Å². The topological polar surface area (TPSA) is 151 Å². The summed E-state index contributed by atoms with van der Waals surface area (Å²) in [5, 5.41) is 31.9. The van der Waals surface area contributed by atoms with Crippen LogP contribution in [0.4, 0.5) is 4.79 Å². The third-order valence-electron chi connectivity index (χ3n) is 3.22. The second kappa shape index (κ2) is 7.78. The van der Waals surface area contributed by atoms with E-state index in [-0.39, 0.29) is 6.42 Å². The average Bonchev–Trinajstić information content (AvgIpc) is 2.62. The molecule has 0 aromatic rings. The second-order valence-electron chi connectivity index (χ2n) is 4.35. The van der Waals surface area contributed by atoms with E-state index < -0.39 is 35.7 Å². The van der Waals surface area contributed by atoms with Gasteiger partial charge in [0.05, 0.1) is 12.0 Å². The minimum Gasteiger partial charge on any atom is -0.481 e. The molecule has 1 rings (SSSR count). The number of carbonyl (C=O) groups is 3. The first-order valence-corrected chi connectivity index (χ1v) is 5.78. The fourth-order valence-corrected chi connectivity index (χ4v) is 2.32. The molecule has 0 bridgehead atoms. The van der Waals surface area contributed by atoms with Gasteiger partial charge in [0.25, 0.3) is 0 Å². The Labute approximate surface area is 114 Å². The van der Waals surface area contributed by atoms with E-state index in [1.165, 1.54) is 6.92 Å². The Morgan fingerprint density at radius 1 is 1.35 bits per heavy atom. The van der Waals surface area contributed by atoms with E-state index in [0.29, 0.717) is 12.9 Å². The molecular formula is C11H18O9. The number of aliphatic carboxylic acids is 1. The van der Waals surface area contributed by atoms with Crippen LogP contribution in [0.3, 0.4) is 0 Å². The second-order valence-corrected chi connectivity index (χ2v) is 4.35. The van der Waals surface area contributed by atoms with Gasteiger partial charge in [-0.25, -0.2) is 9.68 Å². The Morgan fingerprint density at radius 2 is 1.85 bits per heavy atom. The highest BCUT2D eigenvalue weighted by molar-refractivity contribution is 5.75. The predicted octanol–water partition coefficient (Wildman–Crippen LogP) is 0.782. The van der Waals surface area contributed by atoms with Gasteiger partial charge in [-0.1, -0.05) is 0 Å². The van der Waals surface area contributed by atoms with Crippen molar-refractivity contribution >= 4 is 18.4 Å². The highest BCUT2D eigenvalue weighted by Gasteiger charge is 2.58. The number of carbonyl (C=O) groups excluding carboxylic acids is 1. The summed E-state index contributed by atoms with van der Waals surface area (Å²) in [6.45, 7) is 3.50. The lowest BCUT2D eigenvalue weighted by atomic mass is 9.86. The zero-order valence-corrected chi connectivity index (χ0v) is 11.1. The summed E-state index contributed by atoms with van der Waals surface area (Å²) < 4.78 is 5.28. The molecule has 0 aliphatic heterocycles. The summed E-state index contributed by atoms with van der Waals surface area (Å²) in [5.74, 6) is -2.87. The van der Waals surface area contributed by atoms with Crippen molar-refractivity contribution in [3.63, 3.8) is 0 Å². The number of aldehydes is 1. The predicted molar refractivity (Wildman–Crippen MR) is 63.5 cm³/mol. The van der Waals surface area contributed by atoms with E-state index >= 15 is 0 Å². The maximum Gasteiger partial charge on any atom is 0.503 e. The molecule has 1 fully saturated rings. The van der Waals surface area contributed by atoms with Crippen LogP contribution in [0.2, 0.25) is 0 Å². The third kappa shape index (κ3) is 4.15. The maximum atomic E-state index is 11.1. The highest BCUT2D eigenvalue weighted by atomic mass is 17.1. The fraction of sp³-hybridized carbons (Fsp3) is 0.727. The van der Waals surface area contributed by atoms with E-state index in [9.17, 15) is 9.59 Å². The van der Waals surface area contributed by atoms with Gasteiger partial charge in [-0.3, -0.25) is 10.1 Å². The Kier molecular flexibility index (Phi) is 7.11. The van der Waals surface area contributed by atoms with Gasteiger partial charge in [-0.05, 0) is 20.3 Å². The molecule has 1 saturated carbocycles. The number of ether oxygens (including phenoxy) is 1. The van der Waals surface area contributed by atoms with Crippen LogP contribution < -0.4 is 0 Å². The zero-order chi connectivity index (χ0) is 15.9. The monoisotopic (exact) mass is 294 g/mol. The molecule has 0 radical (unpaired) electrons. The summed E-state index contributed by atoms with van der Waals surface area (Å²) in [4.78, 5) is 34.8. The molecule has 1 aliphatic rings. The van der Waals surface area contributed by atoms with Crippen LogP contribution in [0.25, 0.3) is 0 Å². The van der Waals surface area contributed by atoms with Crippen LogP contribution in [0.15, 0.2) is 0 Å². The normalized spacial score (nSPS) is 32.0.